The summed E-state index contributed by atoms with van der Waals surface area (Å²) in [5.74, 6) is -0.0249. The van der Waals surface area contributed by atoms with Gasteiger partial charge >= 0.3 is 5.97 Å². The molecule has 4 heteroatoms. The number of hydrogen-bond donors (Lipinski definition) is 1. The van der Waals surface area contributed by atoms with Crippen LogP contribution in [0.1, 0.15) is 76.4 Å². The van der Waals surface area contributed by atoms with Crippen LogP contribution in [0, 0.1) is 5.41 Å². The number of carbonyl (C=O) groups is 1. The Labute approximate surface area is 162 Å². The molecule has 0 saturated heterocycles. The van der Waals surface area contributed by atoms with Crippen molar-refractivity contribution in [3.63, 3.8) is 0 Å². The van der Waals surface area contributed by atoms with Crippen molar-refractivity contribution >= 4 is 5.97 Å². The van der Waals surface area contributed by atoms with E-state index < -0.39 is 12.1 Å². The van der Waals surface area contributed by atoms with Crippen molar-refractivity contribution in [2.45, 2.75) is 70.8 Å². The van der Waals surface area contributed by atoms with Crippen molar-refractivity contribution in [3.8, 4) is 5.75 Å². The zero-order valence-corrected chi connectivity index (χ0v) is 16.4. The molecule has 1 aromatic carbocycles. The van der Waals surface area contributed by atoms with Gasteiger partial charge in [-0.15, -0.1) is 0 Å². The molecule has 148 valence electrons. The lowest BCUT2D eigenvalue weighted by molar-refractivity contribution is -0.140. The Hall–Kier alpha value is -1.81. The first-order valence-electron chi connectivity index (χ1n) is 10.4. The average Bonchev–Trinajstić information content (AvgIpc) is 2.67. The van der Waals surface area contributed by atoms with Gasteiger partial charge in [-0.1, -0.05) is 37.5 Å². The lowest BCUT2D eigenvalue weighted by Gasteiger charge is -2.38. The van der Waals surface area contributed by atoms with E-state index in [0.29, 0.717) is 18.6 Å². The van der Waals surface area contributed by atoms with Crippen molar-refractivity contribution < 1.29 is 19.4 Å². The summed E-state index contributed by atoms with van der Waals surface area (Å²) in [6.45, 7) is 3.03. The van der Waals surface area contributed by atoms with Crippen molar-refractivity contribution in [1.29, 1.82) is 0 Å². The third kappa shape index (κ3) is 5.58. The van der Waals surface area contributed by atoms with Crippen LogP contribution in [-0.2, 0) is 9.53 Å². The zero-order chi connectivity index (χ0) is 19.1. The van der Waals surface area contributed by atoms with Crippen LogP contribution >= 0.6 is 0 Å². The van der Waals surface area contributed by atoms with E-state index in [9.17, 15) is 4.79 Å². The highest BCUT2D eigenvalue weighted by atomic mass is 16.5. The van der Waals surface area contributed by atoms with Gasteiger partial charge in [-0.3, -0.25) is 4.79 Å². The molecule has 0 radical (unpaired) electrons. The summed E-state index contributed by atoms with van der Waals surface area (Å²) < 4.78 is 11.6. The van der Waals surface area contributed by atoms with Crippen molar-refractivity contribution in [2.75, 3.05) is 13.2 Å². The van der Waals surface area contributed by atoms with Gasteiger partial charge in [0.05, 0.1) is 12.5 Å². The Morgan fingerprint density at radius 1 is 1.11 bits per heavy atom. The second-order valence-corrected chi connectivity index (χ2v) is 7.98. The van der Waals surface area contributed by atoms with E-state index in [1.807, 2.05) is 31.2 Å². The number of carboxylic acid groups (broad SMARTS) is 1. The molecular weight excluding hydrogens is 340 g/mol. The fourth-order valence-electron chi connectivity index (χ4n) is 4.60. The minimum absolute atomic E-state index is 0.0248. The Morgan fingerprint density at radius 2 is 1.81 bits per heavy atom. The normalized spacial score (nSPS) is 20.1. The smallest absolute Gasteiger partial charge is 0.306 e. The number of ether oxygens (including phenoxy) is 2. The number of carboxylic acids is 1. The van der Waals surface area contributed by atoms with Crippen LogP contribution in [0.15, 0.2) is 35.9 Å². The molecule has 0 aromatic heterocycles. The van der Waals surface area contributed by atoms with Gasteiger partial charge in [-0.2, -0.15) is 0 Å². The highest BCUT2D eigenvalue weighted by molar-refractivity contribution is 5.67. The van der Waals surface area contributed by atoms with Crippen molar-refractivity contribution in [2.24, 2.45) is 5.41 Å². The molecule has 1 N–H and O–H groups in total. The Morgan fingerprint density at radius 3 is 2.48 bits per heavy atom. The van der Waals surface area contributed by atoms with E-state index in [2.05, 4.69) is 6.08 Å². The van der Waals surface area contributed by atoms with Crippen LogP contribution in [0.4, 0.5) is 0 Å². The lowest BCUT2D eigenvalue weighted by atomic mass is 9.67. The molecule has 2 aliphatic rings. The van der Waals surface area contributed by atoms with Crippen LogP contribution in [-0.4, -0.2) is 24.3 Å². The van der Waals surface area contributed by atoms with Crippen LogP contribution in [0.5, 0.6) is 5.75 Å². The third-order valence-electron chi connectivity index (χ3n) is 5.94. The second-order valence-electron chi connectivity index (χ2n) is 7.98. The molecule has 27 heavy (non-hydrogen) atoms. The van der Waals surface area contributed by atoms with E-state index in [-0.39, 0.29) is 6.42 Å². The van der Waals surface area contributed by atoms with Crippen LogP contribution < -0.4 is 4.74 Å². The number of rotatable bonds is 8. The molecular formula is C23H32O4. The van der Waals surface area contributed by atoms with Gasteiger partial charge in [0.1, 0.15) is 12.4 Å². The van der Waals surface area contributed by atoms with Gasteiger partial charge in [-0.05, 0) is 67.7 Å². The molecule has 3 rings (SSSR count). The fourth-order valence-corrected chi connectivity index (χ4v) is 4.60. The average molecular weight is 373 g/mol. The highest BCUT2D eigenvalue weighted by Crippen LogP contribution is 2.45. The minimum Gasteiger partial charge on any atom is -0.489 e. The zero-order valence-electron chi connectivity index (χ0n) is 16.4. The maximum atomic E-state index is 11.0. The largest absolute Gasteiger partial charge is 0.489 e. The molecule has 1 fully saturated rings. The van der Waals surface area contributed by atoms with Crippen LogP contribution in [0.25, 0.3) is 0 Å². The SMILES string of the molecule is CCO[C@@H](CC(=O)O)c1ccc(OCC2=CC3(CCCCC3)CCC2)cc1. The van der Waals surface area contributed by atoms with E-state index in [1.165, 1.54) is 50.5 Å². The molecule has 0 heterocycles. The molecule has 2 aliphatic carbocycles. The number of aliphatic carboxylic acids is 1. The summed E-state index contributed by atoms with van der Waals surface area (Å²) in [6.07, 6.45) is 12.7. The summed E-state index contributed by atoms with van der Waals surface area (Å²) in [5.41, 5.74) is 2.76. The Kier molecular flexibility index (Phi) is 6.95. The van der Waals surface area contributed by atoms with Crippen LogP contribution in [0.2, 0.25) is 0 Å². The van der Waals surface area contributed by atoms with Crippen molar-refractivity contribution in [1.82, 2.24) is 0 Å². The van der Waals surface area contributed by atoms with Gasteiger partial charge in [0.25, 0.3) is 0 Å². The summed E-state index contributed by atoms with van der Waals surface area (Å²) in [4.78, 5) is 11.0. The quantitative estimate of drug-likeness (QED) is 0.597. The lowest BCUT2D eigenvalue weighted by Crippen LogP contribution is -2.25. The third-order valence-corrected chi connectivity index (χ3v) is 5.94. The van der Waals surface area contributed by atoms with Gasteiger partial charge in [0.2, 0.25) is 0 Å². The molecule has 1 atom stereocenters. The van der Waals surface area contributed by atoms with E-state index in [4.69, 9.17) is 14.6 Å². The minimum atomic E-state index is -0.852. The molecule has 1 spiro atoms. The standard InChI is InChI=1S/C23H32O4/c1-2-26-21(15-22(24)25)19-8-10-20(11-9-19)27-17-18-7-6-14-23(16-18)12-4-3-5-13-23/h8-11,16,21H,2-7,12-15,17H2,1H3,(H,24,25)/t21-/m0/s1. The summed E-state index contributed by atoms with van der Waals surface area (Å²) in [6, 6.07) is 7.67. The van der Waals surface area contributed by atoms with E-state index >= 15 is 0 Å². The Bertz CT molecular complexity index is 641. The molecule has 0 unspecified atom stereocenters. The monoisotopic (exact) mass is 372 g/mol. The maximum Gasteiger partial charge on any atom is 0.306 e. The Balaban J connectivity index is 1.59. The van der Waals surface area contributed by atoms with Gasteiger partial charge < -0.3 is 14.6 Å². The molecule has 1 saturated carbocycles. The van der Waals surface area contributed by atoms with Gasteiger partial charge in [0.15, 0.2) is 0 Å². The molecule has 0 bridgehead atoms. The maximum absolute atomic E-state index is 11.0. The van der Waals surface area contributed by atoms with E-state index in [0.717, 1.165) is 17.7 Å². The molecule has 1 aromatic rings. The predicted octanol–water partition coefficient (Wildman–Crippen LogP) is 5.68. The first-order valence-corrected chi connectivity index (χ1v) is 10.4. The van der Waals surface area contributed by atoms with Crippen molar-refractivity contribution in [3.05, 3.63) is 41.5 Å². The molecule has 0 aliphatic heterocycles. The summed E-state index contributed by atoms with van der Waals surface area (Å²) in [5, 5.41) is 9.05. The molecule has 0 amide bonds. The topological polar surface area (TPSA) is 55.8 Å². The highest BCUT2D eigenvalue weighted by Gasteiger charge is 2.32. The number of benzene rings is 1. The van der Waals surface area contributed by atoms with E-state index in [1.54, 1.807) is 0 Å². The first-order chi connectivity index (χ1) is 13.1. The summed E-state index contributed by atoms with van der Waals surface area (Å²) >= 11 is 0. The second kappa shape index (κ2) is 9.41. The first kappa shape index (κ1) is 19.9. The number of allylic oxidation sites excluding steroid dienone is 1. The van der Waals surface area contributed by atoms with Crippen LogP contribution in [0.3, 0.4) is 0 Å². The molecule has 4 nitrogen and oxygen atoms in total. The van der Waals surface area contributed by atoms with Gasteiger partial charge in [0, 0.05) is 6.61 Å². The fraction of sp³-hybridized carbons (Fsp3) is 0.609. The number of hydrogen-bond acceptors (Lipinski definition) is 3. The predicted molar refractivity (Wildman–Crippen MR) is 106 cm³/mol. The van der Waals surface area contributed by atoms with Gasteiger partial charge in [-0.25, -0.2) is 0 Å². The summed E-state index contributed by atoms with van der Waals surface area (Å²) in [7, 11) is 0.